The molecule has 1 aliphatic heterocycles. The van der Waals surface area contributed by atoms with Gasteiger partial charge in [-0.1, -0.05) is 19.8 Å². The maximum atomic E-state index is 9.56. The first kappa shape index (κ1) is 14.1. The summed E-state index contributed by atoms with van der Waals surface area (Å²) in [6, 6.07) is 2.13. The van der Waals surface area contributed by atoms with Gasteiger partial charge in [0.15, 0.2) is 0 Å². The second-order valence-corrected chi connectivity index (χ2v) is 5.04. The average molecular weight is 264 g/mol. The van der Waals surface area contributed by atoms with Crippen LogP contribution in [0.3, 0.4) is 0 Å². The number of anilines is 2. The van der Waals surface area contributed by atoms with Crippen molar-refractivity contribution >= 4 is 11.8 Å². The molecule has 106 valence electrons. The second kappa shape index (κ2) is 7.28. The Bertz CT molecular complexity index is 385. The van der Waals surface area contributed by atoms with Gasteiger partial charge in [0.05, 0.1) is 12.6 Å². The Labute approximate surface area is 115 Å². The largest absolute Gasteiger partial charge is 0.394 e. The summed E-state index contributed by atoms with van der Waals surface area (Å²) in [4.78, 5) is 11.0. The molecule has 0 spiro atoms. The summed E-state index contributed by atoms with van der Waals surface area (Å²) in [6.45, 7) is 4.16. The summed E-state index contributed by atoms with van der Waals surface area (Å²) in [6.07, 6.45) is 7.47. The van der Waals surface area contributed by atoms with Crippen LogP contribution in [0, 0.1) is 0 Å². The van der Waals surface area contributed by atoms with Gasteiger partial charge in [0, 0.05) is 19.3 Å². The predicted octanol–water partition coefficient (Wildman–Crippen LogP) is 2.04. The first-order valence-corrected chi connectivity index (χ1v) is 7.29. The van der Waals surface area contributed by atoms with Crippen molar-refractivity contribution in [1.29, 1.82) is 0 Å². The highest BCUT2D eigenvalue weighted by molar-refractivity contribution is 5.43. The summed E-state index contributed by atoms with van der Waals surface area (Å²) >= 11 is 0. The van der Waals surface area contributed by atoms with Gasteiger partial charge in [0.1, 0.15) is 5.82 Å². The molecular formula is C14H24N4O. The number of aliphatic hydroxyl groups is 1. The third kappa shape index (κ3) is 3.80. The number of hydrogen-bond donors (Lipinski definition) is 2. The van der Waals surface area contributed by atoms with Gasteiger partial charge in [-0.3, -0.25) is 0 Å². The van der Waals surface area contributed by atoms with Gasteiger partial charge in [-0.15, -0.1) is 0 Å². The summed E-state index contributed by atoms with van der Waals surface area (Å²) in [5.74, 6) is 1.61. The molecule has 0 radical (unpaired) electrons. The molecule has 2 N–H and O–H groups in total. The fourth-order valence-electron chi connectivity index (χ4n) is 2.50. The third-order valence-corrected chi connectivity index (χ3v) is 3.56. The van der Waals surface area contributed by atoms with Gasteiger partial charge in [-0.2, -0.15) is 4.98 Å². The van der Waals surface area contributed by atoms with Crippen LogP contribution < -0.4 is 10.2 Å². The zero-order valence-electron chi connectivity index (χ0n) is 11.7. The molecule has 1 aromatic rings. The van der Waals surface area contributed by atoms with E-state index in [1.807, 2.05) is 6.07 Å². The van der Waals surface area contributed by atoms with Crippen molar-refractivity contribution < 1.29 is 5.11 Å². The molecule has 0 saturated carbocycles. The molecule has 0 bridgehead atoms. The van der Waals surface area contributed by atoms with Crippen LogP contribution in [-0.4, -0.2) is 40.8 Å². The van der Waals surface area contributed by atoms with Crippen LogP contribution in [0.1, 0.15) is 39.0 Å². The van der Waals surface area contributed by atoms with E-state index in [1.165, 1.54) is 12.8 Å². The van der Waals surface area contributed by atoms with Crippen molar-refractivity contribution in [3.05, 3.63) is 12.3 Å². The Hall–Kier alpha value is -1.36. The lowest BCUT2D eigenvalue weighted by molar-refractivity contribution is 0.254. The van der Waals surface area contributed by atoms with Gasteiger partial charge in [-0.05, 0) is 25.3 Å². The predicted molar refractivity (Wildman–Crippen MR) is 77.5 cm³/mol. The van der Waals surface area contributed by atoms with E-state index in [4.69, 9.17) is 0 Å². The van der Waals surface area contributed by atoms with Crippen LogP contribution in [0.2, 0.25) is 0 Å². The molecular weight excluding hydrogens is 240 g/mol. The van der Waals surface area contributed by atoms with Gasteiger partial charge in [0.2, 0.25) is 5.95 Å². The summed E-state index contributed by atoms with van der Waals surface area (Å²) < 4.78 is 0. The zero-order valence-corrected chi connectivity index (χ0v) is 11.7. The molecule has 1 atom stereocenters. The van der Waals surface area contributed by atoms with E-state index < -0.39 is 0 Å². The number of aliphatic hydroxyl groups excluding tert-OH is 1. The summed E-state index contributed by atoms with van der Waals surface area (Å²) in [7, 11) is 0. The first-order valence-electron chi connectivity index (χ1n) is 7.29. The number of rotatable bonds is 5. The topological polar surface area (TPSA) is 61.3 Å². The van der Waals surface area contributed by atoms with Crippen LogP contribution in [-0.2, 0) is 0 Å². The number of nitrogens with zero attached hydrogens (tertiary/aromatic N) is 3. The van der Waals surface area contributed by atoms with Gasteiger partial charge in [0.25, 0.3) is 0 Å². The molecule has 1 unspecified atom stereocenters. The molecule has 0 aromatic carbocycles. The van der Waals surface area contributed by atoms with Gasteiger partial charge >= 0.3 is 0 Å². The van der Waals surface area contributed by atoms with Crippen LogP contribution in [0.5, 0.6) is 0 Å². The fraction of sp³-hybridized carbons (Fsp3) is 0.714. The molecule has 1 aromatic heterocycles. The second-order valence-electron chi connectivity index (χ2n) is 5.04. The van der Waals surface area contributed by atoms with Crippen molar-refractivity contribution in [2.24, 2.45) is 0 Å². The molecule has 5 nitrogen and oxygen atoms in total. The number of aromatic nitrogens is 2. The molecule has 1 saturated heterocycles. The lowest BCUT2D eigenvalue weighted by Gasteiger charge is -2.29. The quantitative estimate of drug-likeness (QED) is 0.852. The minimum atomic E-state index is 0.191. The van der Waals surface area contributed by atoms with Crippen molar-refractivity contribution in [2.75, 3.05) is 29.9 Å². The molecule has 0 amide bonds. The SMILES string of the molecule is CCCNc1nccc(N2CCCCCC2CO)n1. The molecule has 2 rings (SSSR count). The highest BCUT2D eigenvalue weighted by Gasteiger charge is 2.21. The fourth-order valence-corrected chi connectivity index (χ4v) is 2.50. The molecule has 2 heterocycles. The average Bonchev–Trinajstić information content (AvgIpc) is 2.70. The molecule has 19 heavy (non-hydrogen) atoms. The maximum absolute atomic E-state index is 9.56. The maximum Gasteiger partial charge on any atom is 0.224 e. The van der Waals surface area contributed by atoms with E-state index >= 15 is 0 Å². The first-order chi connectivity index (χ1) is 9.35. The molecule has 5 heteroatoms. The summed E-state index contributed by atoms with van der Waals surface area (Å²) in [5, 5.41) is 12.8. The number of nitrogens with one attached hydrogen (secondary N) is 1. The van der Waals surface area contributed by atoms with E-state index in [9.17, 15) is 5.11 Å². The highest BCUT2D eigenvalue weighted by atomic mass is 16.3. The van der Waals surface area contributed by atoms with E-state index in [0.29, 0.717) is 5.95 Å². The minimum absolute atomic E-state index is 0.191. The standard InChI is InChI=1S/C14H24N4O/c1-2-8-15-14-16-9-7-13(17-14)18-10-5-3-4-6-12(18)11-19/h7,9,12,19H,2-6,8,10-11H2,1H3,(H,15,16,17). The Balaban J connectivity index is 2.13. The van der Waals surface area contributed by atoms with Gasteiger partial charge in [-0.25, -0.2) is 4.98 Å². The van der Waals surface area contributed by atoms with Gasteiger partial charge < -0.3 is 15.3 Å². The minimum Gasteiger partial charge on any atom is -0.394 e. The van der Waals surface area contributed by atoms with Crippen molar-refractivity contribution in [2.45, 2.75) is 45.1 Å². The Morgan fingerprint density at radius 1 is 1.42 bits per heavy atom. The molecule has 1 fully saturated rings. The van der Waals surface area contributed by atoms with Crippen molar-refractivity contribution in [3.8, 4) is 0 Å². The number of hydrogen-bond acceptors (Lipinski definition) is 5. The van der Waals surface area contributed by atoms with E-state index in [2.05, 4.69) is 27.1 Å². The molecule has 0 aliphatic carbocycles. The zero-order chi connectivity index (χ0) is 13.5. The van der Waals surface area contributed by atoms with Crippen molar-refractivity contribution in [3.63, 3.8) is 0 Å². The van der Waals surface area contributed by atoms with Crippen LogP contribution in [0.25, 0.3) is 0 Å². The lowest BCUT2D eigenvalue weighted by Crippen LogP contribution is -2.38. The van der Waals surface area contributed by atoms with Crippen LogP contribution in [0.4, 0.5) is 11.8 Å². The van der Waals surface area contributed by atoms with E-state index in [-0.39, 0.29) is 12.6 Å². The van der Waals surface area contributed by atoms with E-state index in [0.717, 1.165) is 38.2 Å². The highest BCUT2D eigenvalue weighted by Crippen LogP contribution is 2.22. The van der Waals surface area contributed by atoms with Crippen molar-refractivity contribution in [1.82, 2.24) is 9.97 Å². The lowest BCUT2D eigenvalue weighted by atomic mass is 10.1. The summed E-state index contributed by atoms with van der Waals surface area (Å²) in [5.41, 5.74) is 0. The molecule has 1 aliphatic rings. The monoisotopic (exact) mass is 264 g/mol. The Kier molecular flexibility index (Phi) is 5.39. The normalized spacial score (nSPS) is 20.1. The third-order valence-electron chi connectivity index (χ3n) is 3.56. The van der Waals surface area contributed by atoms with Crippen LogP contribution >= 0.6 is 0 Å². The van der Waals surface area contributed by atoms with Crippen LogP contribution in [0.15, 0.2) is 12.3 Å². The Morgan fingerprint density at radius 3 is 3.11 bits per heavy atom. The Morgan fingerprint density at radius 2 is 2.32 bits per heavy atom. The van der Waals surface area contributed by atoms with E-state index in [1.54, 1.807) is 6.20 Å². The smallest absolute Gasteiger partial charge is 0.224 e.